The van der Waals surface area contributed by atoms with Gasteiger partial charge in [0.1, 0.15) is 11.2 Å². The summed E-state index contributed by atoms with van der Waals surface area (Å²) in [7, 11) is -0.398. The summed E-state index contributed by atoms with van der Waals surface area (Å²) in [5.74, 6) is 0. The van der Waals surface area contributed by atoms with Gasteiger partial charge in [-0.1, -0.05) is 72.8 Å². The quantitative estimate of drug-likeness (QED) is 0.213. The Hall–Kier alpha value is -4.32. The summed E-state index contributed by atoms with van der Waals surface area (Å²) in [4.78, 5) is 0. The van der Waals surface area contributed by atoms with E-state index in [4.69, 9.17) is 13.7 Å². The zero-order chi connectivity index (χ0) is 27.9. The fraction of sp³-hybridized carbons (Fsp3) is 0.167. The van der Waals surface area contributed by atoms with Gasteiger partial charge in [0, 0.05) is 33.3 Å². The zero-order valence-corrected chi connectivity index (χ0v) is 23.6. The molecule has 0 amide bonds. The van der Waals surface area contributed by atoms with Crippen LogP contribution >= 0.6 is 0 Å². The number of para-hydroxylation sites is 2. The monoisotopic (exact) mass is 535 g/mol. The van der Waals surface area contributed by atoms with E-state index in [1.165, 1.54) is 16.3 Å². The summed E-state index contributed by atoms with van der Waals surface area (Å²) in [6.45, 7) is 8.36. The average molecular weight is 535 g/mol. The predicted molar refractivity (Wildman–Crippen MR) is 169 cm³/mol. The summed E-state index contributed by atoms with van der Waals surface area (Å²) < 4.78 is 21.3. The summed E-state index contributed by atoms with van der Waals surface area (Å²) in [5, 5.41) is 4.71. The molecule has 41 heavy (non-hydrogen) atoms. The first-order valence-electron chi connectivity index (χ1n) is 14.2. The SMILES string of the molecule is CC1(C)OB(c2cccc(-c3ccc4c5ccccc5n(-c5ccc6c(c5)oc5ccccc56)c4c3)c2)OC1(C)C. The van der Waals surface area contributed by atoms with Crippen molar-refractivity contribution in [3.8, 4) is 16.8 Å². The molecule has 0 spiro atoms. The Morgan fingerprint density at radius 2 is 1.20 bits per heavy atom. The van der Waals surface area contributed by atoms with Gasteiger partial charge < -0.3 is 18.3 Å². The van der Waals surface area contributed by atoms with Crippen LogP contribution in [-0.2, 0) is 9.31 Å². The van der Waals surface area contributed by atoms with Crippen molar-refractivity contribution in [3.05, 3.63) is 109 Å². The maximum absolute atomic E-state index is 6.35. The molecule has 0 saturated carbocycles. The molecule has 0 unspecified atom stereocenters. The second kappa shape index (κ2) is 8.59. The van der Waals surface area contributed by atoms with Gasteiger partial charge in [0.2, 0.25) is 0 Å². The standard InChI is InChI=1S/C36H30BNO3/c1-35(2)36(3,4)41-37(40-35)25-11-9-10-23(20-25)24-16-18-28-27-12-5-7-14-31(27)38(32(28)21-24)26-17-19-30-29-13-6-8-15-33(29)39-34(30)22-26/h5-22H,1-4H3. The zero-order valence-electron chi connectivity index (χ0n) is 23.6. The second-order valence-corrected chi connectivity index (χ2v) is 12.1. The van der Waals surface area contributed by atoms with Gasteiger partial charge >= 0.3 is 7.12 Å². The second-order valence-electron chi connectivity index (χ2n) is 12.1. The minimum absolute atomic E-state index is 0.380. The Morgan fingerprint density at radius 3 is 2.02 bits per heavy atom. The highest BCUT2D eigenvalue weighted by Gasteiger charge is 2.51. The highest BCUT2D eigenvalue weighted by Crippen LogP contribution is 2.38. The van der Waals surface area contributed by atoms with Crippen molar-refractivity contribution < 1.29 is 13.7 Å². The Balaban J connectivity index is 1.28. The van der Waals surface area contributed by atoms with Gasteiger partial charge in [-0.05, 0) is 74.6 Å². The molecule has 200 valence electrons. The van der Waals surface area contributed by atoms with Gasteiger partial charge in [0.05, 0.1) is 22.2 Å². The Labute approximate surface area is 239 Å². The van der Waals surface area contributed by atoms with Gasteiger partial charge in [-0.3, -0.25) is 0 Å². The number of aromatic nitrogens is 1. The molecule has 7 aromatic rings. The highest BCUT2D eigenvalue weighted by atomic mass is 16.7. The van der Waals surface area contributed by atoms with E-state index in [0.717, 1.165) is 49.7 Å². The number of hydrogen-bond acceptors (Lipinski definition) is 3. The first kappa shape index (κ1) is 24.5. The van der Waals surface area contributed by atoms with Crippen molar-refractivity contribution in [3.63, 3.8) is 0 Å². The summed E-state index contributed by atoms with van der Waals surface area (Å²) >= 11 is 0. The Bertz CT molecular complexity index is 2120. The third kappa shape index (κ3) is 3.69. The summed E-state index contributed by atoms with van der Waals surface area (Å²) in [5.41, 5.74) is 7.73. The van der Waals surface area contributed by atoms with Crippen molar-refractivity contribution in [2.24, 2.45) is 0 Å². The number of nitrogens with zero attached hydrogens (tertiary/aromatic N) is 1. The molecule has 2 aromatic heterocycles. The number of furan rings is 1. The molecule has 3 heterocycles. The molecule has 1 aliphatic heterocycles. The number of benzene rings is 5. The molecule has 0 N–H and O–H groups in total. The topological polar surface area (TPSA) is 36.5 Å². The van der Waals surface area contributed by atoms with Crippen LogP contribution in [-0.4, -0.2) is 22.9 Å². The van der Waals surface area contributed by atoms with Gasteiger partial charge in [-0.15, -0.1) is 0 Å². The highest BCUT2D eigenvalue weighted by molar-refractivity contribution is 6.62. The van der Waals surface area contributed by atoms with E-state index in [0.29, 0.717) is 0 Å². The predicted octanol–water partition coefficient (Wildman–Crippen LogP) is 8.65. The molecule has 0 atom stereocenters. The lowest BCUT2D eigenvalue weighted by Gasteiger charge is -2.32. The lowest BCUT2D eigenvalue weighted by Crippen LogP contribution is -2.41. The first-order chi connectivity index (χ1) is 19.8. The maximum Gasteiger partial charge on any atom is 0.494 e. The lowest BCUT2D eigenvalue weighted by atomic mass is 9.78. The van der Waals surface area contributed by atoms with E-state index in [9.17, 15) is 0 Å². The van der Waals surface area contributed by atoms with Crippen LogP contribution < -0.4 is 5.46 Å². The maximum atomic E-state index is 6.35. The van der Waals surface area contributed by atoms with Crippen LogP contribution in [0.2, 0.25) is 0 Å². The van der Waals surface area contributed by atoms with Crippen molar-refractivity contribution >= 4 is 56.3 Å². The van der Waals surface area contributed by atoms with E-state index < -0.39 is 7.12 Å². The van der Waals surface area contributed by atoms with Crippen LogP contribution in [0.3, 0.4) is 0 Å². The van der Waals surface area contributed by atoms with E-state index >= 15 is 0 Å². The molecule has 5 aromatic carbocycles. The number of hydrogen-bond donors (Lipinski definition) is 0. The Kier molecular flexibility index (Phi) is 5.13. The van der Waals surface area contributed by atoms with E-state index in [2.05, 4.69) is 129 Å². The molecule has 8 rings (SSSR count). The van der Waals surface area contributed by atoms with Crippen LogP contribution in [0, 0.1) is 0 Å². The first-order valence-corrected chi connectivity index (χ1v) is 14.2. The summed E-state index contributed by atoms with van der Waals surface area (Å²) in [6.07, 6.45) is 0. The smallest absolute Gasteiger partial charge is 0.456 e. The van der Waals surface area contributed by atoms with Crippen LogP contribution in [0.15, 0.2) is 114 Å². The van der Waals surface area contributed by atoms with Crippen LogP contribution in [0.5, 0.6) is 0 Å². The molecular weight excluding hydrogens is 505 g/mol. The van der Waals surface area contributed by atoms with E-state index in [-0.39, 0.29) is 11.2 Å². The molecule has 1 aliphatic rings. The van der Waals surface area contributed by atoms with E-state index in [1.54, 1.807) is 0 Å². The van der Waals surface area contributed by atoms with Crippen molar-refractivity contribution in [2.75, 3.05) is 0 Å². The molecule has 5 heteroatoms. The lowest BCUT2D eigenvalue weighted by molar-refractivity contribution is 0.00578. The van der Waals surface area contributed by atoms with Crippen LogP contribution in [0.1, 0.15) is 27.7 Å². The molecular formula is C36H30BNO3. The molecule has 4 nitrogen and oxygen atoms in total. The average Bonchev–Trinajstić information content (AvgIpc) is 3.58. The molecule has 0 radical (unpaired) electrons. The third-order valence-electron chi connectivity index (χ3n) is 9.04. The molecule has 1 saturated heterocycles. The number of fused-ring (bicyclic) bond motifs is 6. The molecule has 0 bridgehead atoms. The fourth-order valence-electron chi connectivity index (χ4n) is 6.13. The largest absolute Gasteiger partial charge is 0.494 e. The summed E-state index contributed by atoms with van der Waals surface area (Å²) in [6, 6.07) is 38.6. The van der Waals surface area contributed by atoms with Crippen molar-refractivity contribution in [2.45, 2.75) is 38.9 Å². The van der Waals surface area contributed by atoms with Gasteiger partial charge in [0.25, 0.3) is 0 Å². The minimum atomic E-state index is -0.398. The third-order valence-corrected chi connectivity index (χ3v) is 9.04. The van der Waals surface area contributed by atoms with Crippen molar-refractivity contribution in [1.82, 2.24) is 4.57 Å². The van der Waals surface area contributed by atoms with Gasteiger partial charge in [-0.25, -0.2) is 0 Å². The van der Waals surface area contributed by atoms with Gasteiger partial charge in [-0.2, -0.15) is 0 Å². The minimum Gasteiger partial charge on any atom is -0.456 e. The fourth-order valence-corrected chi connectivity index (χ4v) is 6.13. The van der Waals surface area contributed by atoms with Crippen LogP contribution in [0.4, 0.5) is 0 Å². The normalized spacial score (nSPS) is 16.4. The Morgan fingerprint density at radius 1 is 0.537 bits per heavy atom. The molecule has 0 aliphatic carbocycles. The van der Waals surface area contributed by atoms with Crippen molar-refractivity contribution in [1.29, 1.82) is 0 Å². The van der Waals surface area contributed by atoms with Crippen LogP contribution in [0.25, 0.3) is 60.6 Å². The van der Waals surface area contributed by atoms with E-state index in [1.807, 2.05) is 12.1 Å². The van der Waals surface area contributed by atoms with Gasteiger partial charge in [0.15, 0.2) is 0 Å². The molecule has 1 fully saturated rings. The number of rotatable bonds is 3.